The fraction of sp³-hybridized carbons (Fsp3) is 0.889. The standard InChI is InChI=1S/C63H118O6/c1-4-7-10-13-16-19-22-25-27-29-30-31-32-33-34-36-38-41-44-47-50-53-56-62(65)68-59-60(58-67-61(64)55-52-49-46-43-40-37-24-21-18-15-12-9-6-3)69-63(66)57-54-51-48-45-42-39-35-28-26-23-20-17-14-11-8-5-2/h20,23,28,35,60H,4-19,21-22,24-27,29-34,36-59H2,1-3H3/b23-20-,35-28-. The Balaban J connectivity index is 4.27. The Labute approximate surface area is 430 Å². The zero-order valence-electron chi connectivity index (χ0n) is 46.6. The first-order valence-electron chi connectivity index (χ1n) is 30.8. The molecule has 0 aromatic rings. The van der Waals surface area contributed by atoms with E-state index in [4.69, 9.17) is 14.2 Å². The molecule has 6 heteroatoms. The Kier molecular flexibility index (Phi) is 56.7. The number of carbonyl (C=O) groups excluding carboxylic acids is 3. The van der Waals surface area contributed by atoms with Crippen LogP contribution in [0.1, 0.15) is 342 Å². The Morgan fingerprint density at radius 2 is 0.522 bits per heavy atom. The first-order valence-corrected chi connectivity index (χ1v) is 30.8. The monoisotopic (exact) mass is 971 g/mol. The second-order valence-corrected chi connectivity index (χ2v) is 21.0. The van der Waals surface area contributed by atoms with Crippen molar-refractivity contribution in [3.63, 3.8) is 0 Å². The van der Waals surface area contributed by atoms with E-state index in [1.54, 1.807) is 0 Å². The molecule has 0 spiro atoms. The van der Waals surface area contributed by atoms with Crippen LogP contribution in [-0.4, -0.2) is 37.2 Å². The summed E-state index contributed by atoms with van der Waals surface area (Å²) < 4.78 is 16.9. The van der Waals surface area contributed by atoms with Gasteiger partial charge in [-0.15, -0.1) is 0 Å². The molecule has 0 rings (SSSR count). The molecule has 406 valence electrons. The number of allylic oxidation sites excluding steroid dienone is 4. The summed E-state index contributed by atoms with van der Waals surface area (Å²) in [5, 5.41) is 0. The third-order valence-electron chi connectivity index (χ3n) is 14.0. The molecule has 0 amide bonds. The van der Waals surface area contributed by atoms with Gasteiger partial charge in [0, 0.05) is 19.3 Å². The van der Waals surface area contributed by atoms with Gasteiger partial charge in [0.05, 0.1) is 0 Å². The zero-order chi connectivity index (χ0) is 50.0. The van der Waals surface area contributed by atoms with Gasteiger partial charge in [-0.2, -0.15) is 0 Å². The second-order valence-electron chi connectivity index (χ2n) is 21.0. The molecule has 0 heterocycles. The number of hydrogen-bond donors (Lipinski definition) is 0. The van der Waals surface area contributed by atoms with E-state index in [-0.39, 0.29) is 31.1 Å². The predicted octanol–water partition coefficient (Wildman–Crippen LogP) is 20.7. The summed E-state index contributed by atoms with van der Waals surface area (Å²) in [6, 6.07) is 0. The molecule has 69 heavy (non-hydrogen) atoms. The van der Waals surface area contributed by atoms with Gasteiger partial charge in [0.1, 0.15) is 13.2 Å². The number of ether oxygens (including phenoxy) is 3. The summed E-state index contributed by atoms with van der Waals surface area (Å²) in [6.07, 6.45) is 68.9. The topological polar surface area (TPSA) is 78.9 Å². The van der Waals surface area contributed by atoms with Gasteiger partial charge in [-0.1, -0.05) is 295 Å². The summed E-state index contributed by atoms with van der Waals surface area (Å²) >= 11 is 0. The molecule has 0 saturated carbocycles. The van der Waals surface area contributed by atoms with Crippen LogP contribution in [0.15, 0.2) is 24.3 Å². The minimum Gasteiger partial charge on any atom is -0.462 e. The van der Waals surface area contributed by atoms with Gasteiger partial charge in [-0.05, 0) is 51.4 Å². The van der Waals surface area contributed by atoms with E-state index in [1.165, 1.54) is 225 Å². The Morgan fingerprint density at radius 1 is 0.290 bits per heavy atom. The van der Waals surface area contributed by atoms with Crippen molar-refractivity contribution in [2.75, 3.05) is 13.2 Å². The highest BCUT2D eigenvalue weighted by molar-refractivity contribution is 5.71. The average Bonchev–Trinajstić information content (AvgIpc) is 3.35. The highest BCUT2D eigenvalue weighted by Gasteiger charge is 2.19. The number of carbonyl (C=O) groups is 3. The van der Waals surface area contributed by atoms with Crippen LogP contribution in [0.25, 0.3) is 0 Å². The molecule has 0 aromatic carbocycles. The van der Waals surface area contributed by atoms with E-state index in [0.29, 0.717) is 19.3 Å². The Hall–Kier alpha value is -2.11. The van der Waals surface area contributed by atoms with Gasteiger partial charge in [-0.25, -0.2) is 0 Å². The Bertz CT molecular complexity index is 1110. The van der Waals surface area contributed by atoms with E-state index in [9.17, 15) is 14.4 Å². The molecule has 0 saturated heterocycles. The maximum Gasteiger partial charge on any atom is 0.306 e. The van der Waals surface area contributed by atoms with Gasteiger partial charge in [-0.3, -0.25) is 14.4 Å². The van der Waals surface area contributed by atoms with Gasteiger partial charge in [0.15, 0.2) is 6.10 Å². The maximum absolute atomic E-state index is 12.9. The molecule has 0 aliphatic rings. The van der Waals surface area contributed by atoms with E-state index in [1.807, 2.05) is 0 Å². The molecule has 0 fully saturated rings. The SMILES string of the molecule is CCCCCC/C=C\C/C=C\CCCCCCCC(=O)OC(COC(=O)CCCCCCCCCCCCCCC)COC(=O)CCCCCCCCCCCCCCCCCCCCCCCC. The van der Waals surface area contributed by atoms with Crippen LogP contribution in [-0.2, 0) is 28.6 Å². The summed E-state index contributed by atoms with van der Waals surface area (Å²) in [5.41, 5.74) is 0. The van der Waals surface area contributed by atoms with Crippen molar-refractivity contribution in [2.45, 2.75) is 348 Å². The number of rotatable bonds is 57. The third kappa shape index (κ3) is 56.7. The quantitative estimate of drug-likeness (QED) is 0.0261. The fourth-order valence-electron chi connectivity index (χ4n) is 9.30. The predicted molar refractivity (Wildman–Crippen MR) is 298 cm³/mol. The molecular formula is C63H118O6. The minimum absolute atomic E-state index is 0.0713. The number of hydrogen-bond acceptors (Lipinski definition) is 6. The van der Waals surface area contributed by atoms with Crippen molar-refractivity contribution in [3.05, 3.63) is 24.3 Å². The molecule has 0 bridgehead atoms. The lowest BCUT2D eigenvalue weighted by molar-refractivity contribution is -0.167. The zero-order valence-corrected chi connectivity index (χ0v) is 46.6. The summed E-state index contributed by atoms with van der Waals surface area (Å²) in [7, 11) is 0. The fourth-order valence-corrected chi connectivity index (χ4v) is 9.30. The van der Waals surface area contributed by atoms with E-state index in [2.05, 4.69) is 45.1 Å². The van der Waals surface area contributed by atoms with Crippen LogP contribution in [0.3, 0.4) is 0 Å². The van der Waals surface area contributed by atoms with Crippen molar-refractivity contribution in [2.24, 2.45) is 0 Å². The van der Waals surface area contributed by atoms with E-state index < -0.39 is 6.10 Å². The second kappa shape index (κ2) is 58.5. The van der Waals surface area contributed by atoms with Crippen LogP contribution in [0.2, 0.25) is 0 Å². The molecule has 0 radical (unpaired) electrons. The van der Waals surface area contributed by atoms with Crippen LogP contribution in [0.5, 0.6) is 0 Å². The molecule has 0 aliphatic heterocycles. The van der Waals surface area contributed by atoms with Crippen molar-refractivity contribution in [1.29, 1.82) is 0 Å². The molecular weight excluding hydrogens is 853 g/mol. The van der Waals surface area contributed by atoms with Crippen LogP contribution in [0, 0.1) is 0 Å². The lowest BCUT2D eigenvalue weighted by atomic mass is 10.0. The van der Waals surface area contributed by atoms with Gasteiger partial charge in [0.25, 0.3) is 0 Å². The minimum atomic E-state index is -0.774. The summed E-state index contributed by atoms with van der Waals surface area (Å²) in [5.74, 6) is -0.861. The number of unbranched alkanes of at least 4 members (excludes halogenated alkanes) is 42. The Morgan fingerprint density at radius 3 is 0.812 bits per heavy atom. The van der Waals surface area contributed by atoms with Crippen molar-refractivity contribution in [3.8, 4) is 0 Å². The smallest absolute Gasteiger partial charge is 0.306 e. The summed E-state index contributed by atoms with van der Waals surface area (Å²) in [6.45, 7) is 6.67. The molecule has 6 nitrogen and oxygen atoms in total. The van der Waals surface area contributed by atoms with Crippen LogP contribution < -0.4 is 0 Å². The molecule has 0 aliphatic carbocycles. The first-order chi connectivity index (χ1) is 34.0. The van der Waals surface area contributed by atoms with Crippen molar-refractivity contribution >= 4 is 17.9 Å². The van der Waals surface area contributed by atoms with Crippen molar-refractivity contribution in [1.82, 2.24) is 0 Å². The van der Waals surface area contributed by atoms with Gasteiger partial charge in [0.2, 0.25) is 0 Å². The largest absolute Gasteiger partial charge is 0.462 e. The van der Waals surface area contributed by atoms with Gasteiger partial charge < -0.3 is 14.2 Å². The lowest BCUT2D eigenvalue weighted by Gasteiger charge is -2.18. The van der Waals surface area contributed by atoms with Crippen molar-refractivity contribution < 1.29 is 28.6 Å². The third-order valence-corrected chi connectivity index (χ3v) is 14.0. The summed E-state index contributed by atoms with van der Waals surface area (Å²) in [4.78, 5) is 38.2. The lowest BCUT2D eigenvalue weighted by Crippen LogP contribution is -2.30. The van der Waals surface area contributed by atoms with Crippen LogP contribution in [0.4, 0.5) is 0 Å². The highest BCUT2D eigenvalue weighted by Crippen LogP contribution is 2.18. The highest BCUT2D eigenvalue weighted by atomic mass is 16.6. The molecule has 0 aromatic heterocycles. The normalized spacial score (nSPS) is 12.1. The first kappa shape index (κ1) is 66.9. The molecule has 0 N–H and O–H groups in total. The average molecular weight is 972 g/mol. The van der Waals surface area contributed by atoms with E-state index in [0.717, 1.165) is 77.0 Å². The molecule has 1 atom stereocenters. The number of esters is 3. The maximum atomic E-state index is 12.9. The van der Waals surface area contributed by atoms with Crippen LogP contribution >= 0.6 is 0 Å². The molecule has 1 unspecified atom stereocenters. The van der Waals surface area contributed by atoms with Gasteiger partial charge >= 0.3 is 17.9 Å². The van der Waals surface area contributed by atoms with E-state index >= 15 is 0 Å².